The quantitative estimate of drug-likeness (QED) is 0.644. The van der Waals surface area contributed by atoms with Gasteiger partial charge in [-0.1, -0.05) is 0 Å². The molecule has 10 heteroatoms. The van der Waals surface area contributed by atoms with Gasteiger partial charge in [-0.05, 0) is 24.3 Å². The lowest BCUT2D eigenvalue weighted by molar-refractivity contribution is -0.138. The van der Waals surface area contributed by atoms with Crippen LogP contribution in [0.3, 0.4) is 0 Å². The highest BCUT2D eigenvalue weighted by molar-refractivity contribution is 5.99. The summed E-state index contributed by atoms with van der Waals surface area (Å²) in [7, 11) is 2.16. The summed E-state index contributed by atoms with van der Waals surface area (Å²) >= 11 is 0. The van der Waals surface area contributed by atoms with Crippen LogP contribution in [0.2, 0.25) is 0 Å². The van der Waals surface area contributed by atoms with Crippen LogP contribution in [0.1, 0.15) is 5.56 Å². The first-order valence-corrected chi connectivity index (χ1v) is 7.12. The van der Waals surface area contributed by atoms with E-state index in [0.29, 0.717) is 0 Å². The molecule has 0 saturated heterocycles. The first kappa shape index (κ1) is 19.0. The fourth-order valence-corrected chi connectivity index (χ4v) is 2.00. The molecular formula is C16H14F3N3O4. The number of alkyl halides is 3. The molecule has 0 saturated carbocycles. The van der Waals surface area contributed by atoms with E-state index in [1.54, 1.807) is 6.07 Å². The van der Waals surface area contributed by atoms with E-state index in [-0.39, 0.29) is 11.4 Å². The molecule has 0 spiro atoms. The topological polar surface area (TPSA) is 82.5 Å². The van der Waals surface area contributed by atoms with Gasteiger partial charge in [0.25, 0.3) is 0 Å². The summed E-state index contributed by atoms with van der Waals surface area (Å²) in [5, 5.41) is 6.45. The smallest absolute Gasteiger partial charge is 0.416 e. The number of anilines is 1. The minimum atomic E-state index is -4.60. The van der Waals surface area contributed by atoms with Gasteiger partial charge in [-0.2, -0.15) is 18.3 Å². The van der Waals surface area contributed by atoms with Crippen LogP contribution in [0.15, 0.2) is 48.4 Å². The molecule has 2 rings (SSSR count). The van der Waals surface area contributed by atoms with Crippen LogP contribution in [-0.4, -0.2) is 35.9 Å². The van der Waals surface area contributed by atoms with Crippen LogP contribution >= 0.6 is 0 Å². The molecule has 1 heterocycles. The van der Waals surface area contributed by atoms with Crippen molar-refractivity contribution in [1.82, 2.24) is 9.78 Å². The number of methoxy groups -OCH3 is 2. The molecule has 0 aliphatic rings. The van der Waals surface area contributed by atoms with E-state index in [1.807, 2.05) is 0 Å². The Bertz CT molecular complexity index is 830. The predicted octanol–water partition coefficient (Wildman–Crippen LogP) is 2.53. The van der Waals surface area contributed by atoms with Gasteiger partial charge in [0.15, 0.2) is 0 Å². The summed E-state index contributed by atoms with van der Waals surface area (Å²) in [6.07, 6.45) is -0.877. The Hall–Kier alpha value is -3.30. The lowest BCUT2D eigenvalue weighted by Crippen LogP contribution is -2.17. The van der Waals surface area contributed by atoms with Crippen LogP contribution in [0.4, 0.5) is 18.9 Å². The van der Waals surface area contributed by atoms with Crippen molar-refractivity contribution in [1.29, 1.82) is 0 Å². The highest BCUT2D eigenvalue weighted by Crippen LogP contribution is 2.33. The van der Waals surface area contributed by atoms with E-state index >= 15 is 0 Å². The number of rotatable bonds is 5. The molecule has 0 bridgehead atoms. The fourth-order valence-electron chi connectivity index (χ4n) is 2.00. The van der Waals surface area contributed by atoms with Gasteiger partial charge in [-0.3, -0.25) is 0 Å². The lowest BCUT2D eigenvalue weighted by atomic mass is 10.1. The number of halogens is 3. The Morgan fingerprint density at radius 2 is 1.96 bits per heavy atom. The standard InChI is InChI=1S/C16H14F3N3O4/c1-25-14(23)9-12(15(24)26-2)21-11-8-10(16(17,18)19)4-5-13(11)22-7-3-6-20-22/h3-9,21H,1-2H3/b12-9+. The zero-order valence-electron chi connectivity index (χ0n) is 13.7. The molecule has 0 unspecified atom stereocenters. The summed E-state index contributed by atoms with van der Waals surface area (Å²) in [5.41, 5.74) is -1.22. The van der Waals surface area contributed by atoms with Crippen molar-refractivity contribution < 1.29 is 32.2 Å². The SMILES string of the molecule is COC(=O)/C=C(/Nc1cc(C(F)(F)F)ccc1-n1cccn1)C(=O)OC. The third-order valence-corrected chi connectivity index (χ3v) is 3.21. The summed E-state index contributed by atoms with van der Waals surface area (Å²) in [4.78, 5) is 23.3. The number of ether oxygens (including phenoxy) is 2. The van der Waals surface area contributed by atoms with E-state index in [2.05, 4.69) is 19.9 Å². The number of benzene rings is 1. The van der Waals surface area contributed by atoms with E-state index < -0.39 is 29.4 Å². The van der Waals surface area contributed by atoms with Crippen molar-refractivity contribution in [2.24, 2.45) is 0 Å². The summed E-state index contributed by atoms with van der Waals surface area (Å²) in [6.45, 7) is 0. The summed E-state index contributed by atoms with van der Waals surface area (Å²) in [5.74, 6) is -1.84. The zero-order valence-corrected chi connectivity index (χ0v) is 13.7. The number of hydrogen-bond donors (Lipinski definition) is 1. The number of aromatic nitrogens is 2. The molecule has 0 radical (unpaired) electrons. The number of nitrogens with zero attached hydrogens (tertiary/aromatic N) is 2. The maximum absolute atomic E-state index is 13.0. The van der Waals surface area contributed by atoms with Crippen molar-refractivity contribution >= 4 is 17.6 Å². The van der Waals surface area contributed by atoms with Gasteiger partial charge < -0.3 is 14.8 Å². The monoisotopic (exact) mass is 369 g/mol. The van der Waals surface area contributed by atoms with Crippen LogP contribution in [0.5, 0.6) is 0 Å². The Morgan fingerprint density at radius 3 is 2.50 bits per heavy atom. The lowest BCUT2D eigenvalue weighted by Gasteiger charge is -2.16. The van der Waals surface area contributed by atoms with Crippen molar-refractivity contribution in [3.8, 4) is 5.69 Å². The molecule has 0 aliphatic heterocycles. The third-order valence-electron chi connectivity index (χ3n) is 3.21. The first-order chi connectivity index (χ1) is 12.3. The molecule has 1 aromatic carbocycles. The Morgan fingerprint density at radius 1 is 1.23 bits per heavy atom. The van der Waals surface area contributed by atoms with E-state index in [9.17, 15) is 22.8 Å². The molecule has 7 nitrogen and oxygen atoms in total. The molecule has 0 atom stereocenters. The van der Waals surface area contributed by atoms with Crippen LogP contribution in [0, 0.1) is 0 Å². The first-order valence-electron chi connectivity index (χ1n) is 7.12. The molecule has 1 N–H and O–H groups in total. The van der Waals surface area contributed by atoms with Gasteiger partial charge in [0.1, 0.15) is 5.70 Å². The second-order valence-corrected chi connectivity index (χ2v) is 4.88. The van der Waals surface area contributed by atoms with Crippen molar-refractivity contribution in [3.63, 3.8) is 0 Å². The Kier molecular flexibility index (Phi) is 5.65. The van der Waals surface area contributed by atoms with Gasteiger partial charge in [0.2, 0.25) is 0 Å². The van der Waals surface area contributed by atoms with Gasteiger partial charge >= 0.3 is 18.1 Å². The Balaban J connectivity index is 2.55. The fraction of sp³-hybridized carbons (Fsp3) is 0.188. The average Bonchev–Trinajstić information content (AvgIpc) is 3.13. The molecule has 0 aliphatic carbocycles. The van der Waals surface area contributed by atoms with Crippen molar-refractivity contribution in [2.45, 2.75) is 6.18 Å². The number of nitrogens with one attached hydrogen (secondary N) is 1. The van der Waals surface area contributed by atoms with Crippen LogP contribution < -0.4 is 5.32 Å². The van der Waals surface area contributed by atoms with Crippen LogP contribution in [0.25, 0.3) is 5.69 Å². The molecule has 2 aromatic rings. The van der Waals surface area contributed by atoms with Crippen molar-refractivity contribution in [2.75, 3.05) is 19.5 Å². The van der Waals surface area contributed by atoms with Gasteiger partial charge in [-0.25, -0.2) is 14.3 Å². The van der Waals surface area contributed by atoms with Gasteiger partial charge in [-0.15, -0.1) is 0 Å². The van der Waals surface area contributed by atoms with E-state index in [0.717, 1.165) is 32.4 Å². The molecule has 26 heavy (non-hydrogen) atoms. The molecule has 0 amide bonds. The number of carbonyl (C=O) groups is 2. The molecule has 1 aromatic heterocycles. The predicted molar refractivity (Wildman–Crippen MR) is 84.3 cm³/mol. The Labute approximate surface area is 146 Å². The third kappa shape index (κ3) is 4.41. The minimum Gasteiger partial charge on any atom is -0.466 e. The van der Waals surface area contributed by atoms with E-state index in [4.69, 9.17) is 0 Å². The normalized spacial score (nSPS) is 11.8. The zero-order chi connectivity index (χ0) is 19.3. The second-order valence-electron chi connectivity index (χ2n) is 4.88. The molecule has 0 fully saturated rings. The van der Waals surface area contributed by atoms with Gasteiger partial charge in [0, 0.05) is 12.4 Å². The summed E-state index contributed by atoms with van der Waals surface area (Å²) in [6, 6.07) is 4.44. The van der Waals surface area contributed by atoms with Crippen molar-refractivity contribution in [3.05, 3.63) is 54.0 Å². The maximum Gasteiger partial charge on any atom is 0.416 e. The van der Waals surface area contributed by atoms with Gasteiger partial charge in [0.05, 0.1) is 37.2 Å². The maximum atomic E-state index is 13.0. The highest BCUT2D eigenvalue weighted by Gasteiger charge is 2.31. The van der Waals surface area contributed by atoms with E-state index in [1.165, 1.54) is 23.1 Å². The number of esters is 2. The average molecular weight is 369 g/mol. The number of carbonyl (C=O) groups excluding carboxylic acids is 2. The molecular weight excluding hydrogens is 355 g/mol. The highest BCUT2D eigenvalue weighted by atomic mass is 19.4. The second kappa shape index (κ2) is 7.72. The largest absolute Gasteiger partial charge is 0.466 e. The number of hydrogen-bond acceptors (Lipinski definition) is 6. The minimum absolute atomic E-state index is 0.107. The molecule has 138 valence electrons. The summed E-state index contributed by atoms with van der Waals surface area (Å²) < 4.78 is 49.4. The van der Waals surface area contributed by atoms with Crippen LogP contribution in [-0.2, 0) is 25.2 Å².